The van der Waals surface area contributed by atoms with E-state index in [1.54, 1.807) is 23.1 Å². The van der Waals surface area contributed by atoms with Gasteiger partial charge in [0.15, 0.2) is 6.29 Å². The summed E-state index contributed by atoms with van der Waals surface area (Å²) in [7, 11) is 1.81. The van der Waals surface area contributed by atoms with Crippen LogP contribution in [-0.2, 0) is 12.6 Å². The standard InChI is InChI=1S/C20H18F3N5O2.C4H8/c1-24-25-13-26(2)7-6-14-4-3-5-16(8-14)27-11-18-17(20(21,22)23)9-15(12-29)10-28(18)19(27)30;1-2-4-3-1/h3-5,8-13H,1,6-7H2,2H3;1-4H2/b25-13-;. The van der Waals surface area contributed by atoms with E-state index in [4.69, 9.17) is 0 Å². The molecule has 0 spiro atoms. The number of pyridine rings is 1. The summed E-state index contributed by atoms with van der Waals surface area (Å²) in [6, 6.07) is 7.67. The van der Waals surface area contributed by atoms with Gasteiger partial charge in [-0.1, -0.05) is 37.8 Å². The van der Waals surface area contributed by atoms with Gasteiger partial charge in [0.1, 0.15) is 6.34 Å². The monoisotopic (exact) mass is 473 g/mol. The first kappa shape index (κ1) is 24.9. The van der Waals surface area contributed by atoms with Crippen molar-refractivity contribution in [3.63, 3.8) is 0 Å². The SMILES string of the molecule is C1CCC1.C=N/N=C\N(C)CCc1cccc(-n2cc3c(C(F)(F)F)cc(C=O)cn3c2=O)c1. The smallest absolute Gasteiger partial charge is 0.364 e. The van der Waals surface area contributed by atoms with E-state index in [2.05, 4.69) is 16.9 Å². The first-order valence-electron chi connectivity index (χ1n) is 10.8. The number of aromatic nitrogens is 2. The average Bonchev–Trinajstić information content (AvgIpc) is 3.10. The van der Waals surface area contributed by atoms with Crippen molar-refractivity contribution in [1.29, 1.82) is 0 Å². The van der Waals surface area contributed by atoms with Crippen molar-refractivity contribution in [2.75, 3.05) is 13.6 Å². The van der Waals surface area contributed by atoms with Gasteiger partial charge in [-0.05, 0) is 30.2 Å². The minimum absolute atomic E-state index is 0.234. The van der Waals surface area contributed by atoms with E-state index < -0.39 is 17.4 Å². The maximum absolute atomic E-state index is 13.4. The number of rotatable bonds is 7. The predicted octanol–water partition coefficient (Wildman–Crippen LogP) is 4.60. The van der Waals surface area contributed by atoms with E-state index >= 15 is 0 Å². The molecule has 0 unspecified atom stereocenters. The Morgan fingerprint density at radius 3 is 2.44 bits per heavy atom. The lowest BCUT2D eigenvalue weighted by atomic mass is 10.0. The number of imidazole rings is 1. The van der Waals surface area contributed by atoms with Crippen LogP contribution in [0.1, 0.15) is 47.2 Å². The number of halogens is 3. The normalized spacial score (nSPS) is 13.3. The van der Waals surface area contributed by atoms with Gasteiger partial charge >= 0.3 is 11.9 Å². The van der Waals surface area contributed by atoms with Crippen LogP contribution in [-0.4, -0.2) is 46.8 Å². The van der Waals surface area contributed by atoms with Crippen molar-refractivity contribution in [1.82, 2.24) is 13.9 Å². The van der Waals surface area contributed by atoms with Crippen molar-refractivity contribution in [2.24, 2.45) is 10.2 Å². The van der Waals surface area contributed by atoms with Gasteiger partial charge in [0.05, 0.1) is 16.8 Å². The Bertz CT molecular complexity index is 1240. The molecule has 0 atom stereocenters. The van der Waals surface area contributed by atoms with E-state index in [9.17, 15) is 22.8 Å². The largest absolute Gasteiger partial charge is 0.418 e. The highest BCUT2D eigenvalue weighted by atomic mass is 19.4. The minimum atomic E-state index is -4.71. The van der Waals surface area contributed by atoms with Crippen LogP contribution in [0.3, 0.4) is 0 Å². The van der Waals surface area contributed by atoms with Gasteiger partial charge in [0, 0.05) is 38.3 Å². The molecule has 0 radical (unpaired) electrons. The number of carbonyl (C=O) groups is 1. The number of fused-ring (bicyclic) bond motifs is 1. The molecule has 0 saturated heterocycles. The Kier molecular flexibility index (Phi) is 8.04. The summed E-state index contributed by atoms with van der Waals surface area (Å²) in [6.45, 7) is 3.86. The van der Waals surface area contributed by atoms with E-state index in [0.717, 1.165) is 33.0 Å². The molecule has 1 aliphatic rings. The maximum atomic E-state index is 13.4. The fourth-order valence-corrected chi connectivity index (χ4v) is 3.29. The molecular formula is C24H26F3N5O2. The second kappa shape index (κ2) is 11.0. The first-order chi connectivity index (χ1) is 16.2. The molecule has 0 amide bonds. The van der Waals surface area contributed by atoms with E-state index in [0.29, 0.717) is 18.7 Å². The van der Waals surface area contributed by atoms with Crippen LogP contribution in [0.15, 0.2) is 57.7 Å². The summed E-state index contributed by atoms with van der Waals surface area (Å²) >= 11 is 0. The van der Waals surface area contributed by atoms with Crippen LogP contribution in [0.5, 0.6) is 0 Å². The average molecular weight is 473 g/mol. The van der Waals surface area contributed by atoms with Gasteiger partial charge in [0.25, 0.3) is 0 Å². The van der Waals surface area contributed by atoms with Gasteiger partial charge < -0.3 is 4.90 Å². The highest BCUT2D eigenvalue weighted by molar-refractivity contribution is 5.76. The van der Waals surface area contributed by atoms with Crippen molar-refractivity contribution in [3.8, 4) is 5.69 Å². The number of nitrogens with zero attached hydrogens (tertiary/aromatic N) is 5. The topological polar surface area (TPSA) is 71.4 Å². The van der Waals surface area contributed by atoms with Crippen LogP contribution in [0, 0.1) is 0 Å². The third-order valence-corrected chi connectivity index (χ3v) is 5.50. The zero-order valence-corrected chi connectivity index (χ0v) is 18.8. The number of hydrogen-bond donors (Lipinski definition) is 0. The predicted molar refractivity (Wildman–Crippen MR) is 126 cm³/mol. The van der Waals surface area contributed by atoms with Crippen LogP contribution in [0.2, 0.25) is 0 Å². The molecule has 180 valence electrons. The van der Waals surface area contributed by atoms with Crippen molar-refractivity contribution < 1.29 is 18.0 Å². The molecule has 7 nitrogen and oxygen atoms in total. The first-order valence-corrected chi connectivity index (χ1v) is 10.8. The van der Waals surface area contributed by atoms with Crippen LogP contribution < -0.4 is 5.69 Å². The number of hydrogen-bond acceptors (Lipinski definition) is 4. The van der Waals surface area contributed by atoms with Gasteiger partial charge in [-0.2, -0.15) is 18.3 Å². The summed E-state index contributed by atoms with van der Waals surface area (Å²) in [6.07, 6.45) is 5.93. The molecule has 0 aliphatic heterocycles. The molecule has 2 heterocycles. The summed E-state index contributed by atoms with van der Waals surface area (Å²) in [5, 5.41) is 7.06. The summed E-state index contributed by atoms with van der Waals surface area (Å²) in [4.78, 5) is 25.6. The number of alkyl halides is 3. The highest BCUT2D eigenvalue weighted by Gasteiger charge is 2.34. The van der Waals surface area contributed by atoms with Gasteiger partial charge in [-0.25, -0.2) is 4.79 Å². The molecule has 1 fully saturated rings. The maximum Gasteiger partial charge on any atom is 0.418 e. The van der Waals surface area contributed by atoms with Crippen molar-refractivity contribution in [3.05, 3.63) is 69.9 Å². The third-order valence-electron chi connectivity index (χ3n) is 5.50. The van der Waals surface area contributed by atoms with Crippen LogP contribution >= 0.6 is 0 Å². The lowest BCUT2D eigenvalue weighted by molar-refractivity contribution is -0.136. The Labute approximate surface area is 194 Å². The van der Waals surface area contributed by atoms with Crippen molar-refractivity contribution >= 4 is 24.9 Å². The summed E-state index contributed by atoms with van der Waals surface area (Å²) in [5.74, 6) is 0. The molecule has 1 aromatic carbocycles. The highest BCUT2D eigenvalue weighted by Crippen LogP contribution is 2.33. The quantitative estimate of drug-likeness (QED) is 0.218. The number of likely N-dealkylation sites (N-methyl/N-ethyl adjacent to an activating group) is 1. The molecule has 3 aromatic rings. The van der Waals surface area contributed by atoms with Crippen molar-refractivity contribution in [2.45, 2.75) is 38.3 Å². The second-order valence-electron chi connectivity index (χ2n) is 8.03. The van der Waals surface area contributed by atoms with Gasteiger partial charge in [-0.15, -0.1) is 5.10 Å². The Morgan fingerprint density at radius 1 is 1.15 bits per heavy atom. The van der Waals surface area contributed by atoms with Crippen LogP contribution in [0.25, 0.3) is 11.2 Å². The zero-order valence-electron chi connectivity index (χ0n) is 18.8. The number of benzene rings is 1. The number of carbonyl (C=O) groups excluding carboxylic acids is 1. The Morgan fingerprint density at radius 2 is 1.85 bits per heavy atom. The molecule has 0 N–H and O–H groups in total. The molecule has 0 bridgehead atoms. The van der Waals surface area contributed by atoms with E-state index in [-0.39, 0.29) is 17.4 Å². The van der Waals surface area contributed by atoms with Gasteiger partial charge in [0.2, 0.25) is 0 Å². The molecule has 1 saturated carbocycles. The lowest BCUT2D eigenvalue weighted by Gasteiger charge is -2.12. The third kappa shape index (κ3) is 6.00. The van der Waals surface area contributed by atoms with E-state index in [1.807, 2.05) is 13.1 Å². The zero-order chi connectivity index (χ0) is 24.7. The Balaban J connectivity index is 0.000000732. The fourth-order valence-electron chi connectivity index (χ4n) is 3.29. The fraction of sp³-hybridized carbons (Fsp3) is 0.333. The van der Waals surface area contributed by atoms with E-state index in [1.165, 1.54) is 32.0 Å². The lowest BCUT2D eigenvalue weighted by Crippen LogP contribution is -2.20. The summed E-state index contributed by atoms with van der Waals surface area (Å²) < 4.78 is 42.3. The molecule has 1 aliphatic carbocycles. The Hall–Kier alpha value is -3.69. The number of aldehydes is 1. The van der Waals surface area contributed by atoms with Gasteiger partial charge in [-0.3, -0.25) is 13.8 Å². The molecule has 4 rings (SSSR count). The molecule has 34 heavy (non-hydrogen) atoms. The molecule has 10 heteroatoms. The minimum Gasteiger partial charge on any atom is -0.364 e. The second-order valence-corrected chi connectivity index (χ2v) is 8.03. The van der Waals surface area contributed by atoms with Crippen LogP contribution in [0.4, 0.5) is 13.2 Å². The summed E-state index contributed by atoms with van der Waals surface area (Å²) in [5.41, 5.74) is -0.996. The molecule has 2 aromatic heterocycles. The molecular weight excluding hydrogens is 447 g/mol.